The maximum absolute atomic E-state index is 13.6. The molecule has 0 saturated heterocycles. The average molecular weight is 515 g/mol. The van der Waals surface area contributed by atoms with E-state index in [0.29, 0.717) is 17.8 Å². The highest BCUT2D eigenvalue weighted by Crippen LogP contribution is 2.33. The number of carbonyl (C=O) groups is 1. The summed E-state index contributed by atoms with van der Waals surface area (Å²) in [4.78, 5) is 17.3. The zero-order valence-electron chi connectivity index (χ0n) is 17.1. The van der Waals surface area contributed by atoms with E-state index in [2.05, 4.69) is 9.97 Å². The number of sulfonamides is 2. The summed E-state index contributed by atoms with van der Waals surface area (Å²) in [7, 11) is -9.02. The van der Waals surface area contributed by atoms with Crippen LogP contribution in [0.5, 0.6) is 5.88 Å². The molecule has 33 heavy (non-hydrogen) atoms. The van der Waals surface area contributed by atoms with Crippen molar-refractivity contribution in [3.05, 3.63) is 36.0 Å². The van der Waals surface area contributed by atoms with Crippen LogP contribution in [-0.4, -0.2) is 63.8 Å². The van der Waals surface area contributed by atoms with Crippen molar-refractivity contribution in [2.24, 2.45) is 0 Å². The molecule has 182 valence electrons. The Balaban J connectivity index is 2.40. The zero-order chi connectivity index (χ0) is 25.2. The van der Waals surface area contributed by atoms with Gasteiger partial charge in [-0.3, -0.25) is 5.32 Å². The Morgan fingerprint density at radius 3 is 2.24 bits per heavy atom. The predicted octanol–water partition coefficient (Wildman–Crippen LogP) is 1.78. The van der Waals surface area contributed by atoms with E-state index in [4.69, 9.17) is 4.74 Å². The number of nitrogens with one attached hydrogen (secondary N) is 2. The number of halogens is 4. The number of methoxy groups -OCH3 is 1. The second kappa shape index (κ2) is 9.44. The number of rotatable bonds is 8. The Kier molecular flexibility index (Phi) is 7.49. The van der Waals surface area contributed by atoms with Crippen molar-refractivity contribution in [3.8, 4) is 5.88 Å². The topological polar surface area (TPSA) is 148 Å². The fourth-order valence-electron chi connectivity index (χ4n) is 2.33. The standard InChI is InChI=1S/C16H17F4N5O6S2/c1-9-8-12(31-3)22-14(21-9)23-15(26)24-32(27,28)10-6-4-5-7-11(10)33(29,30)25(2)16(19,20)13(17)18/h4-8,13H,1-3H3,(H2,21,22,23,24,26). The Hall–Kier alpha value is -3.05. The van der Waals surface area contributed by atoms with E-state index in [0.717, 1.165) is 12.1 Å². The average Bonchev–Trinajstić information content (AvgIpc) is 2.71. The molecule has 2 aromatic rings. The summed E-state index contributed by atoms with van der Waals surface area (Å²) < 4.78 is 108. The number of hydrogen-bond donors (Lipinski definition) is 2. The van der Waals surface area contributed by atoms with Gasteiger partial charge in [0, 0.05) is 18.8 Å². The molecule has 17 heteroatoms. The Morgan fingerprint density at radius 1 is 1.12 bits per heavy atom. The van der Waals surface area contributed by atoms with Crippen molar-refractivity contribution in [2.45, 2.75) is 29.2 Å². The normalized spacial score (nSPS) is 12.6. The molecule has 2 rings (SSSR count). The van der Waals surface area contributed by atoms with Gasteiger partial charge in [-0.15, -0.1) is 4.31 Å². The molecule has 0 aliphatic rings. The monoisotopic (exact) mass is 515 g/mol. The molecule has 0 spiro atoms. The summed E-state index contributed by atoms with van der Waals surface area (Å²) in [6.07, 6.45) is -4.39. The summed E-state index contributed by atoms with van der Waals surface area (Å²) in [5.41, 5.74) is 0.347. The van der Waals surface area contributed by atoms with Crippen LogP contribution in [0.3, 0.4) is 0 Å². The quantitative estimate of drug-likeness (QED) is 0.399. The van der Waals surface area contributed by atoms with E-state index < -0.39 is 52.6 Å². The molecule has 2 amide bonds. The molecule has 11 nitrogen and oxygen atoms in total. The minimum absolute atomic E-state index is 0.0418. The van der Waals surface area contributed by atoms with E-state index in [1.807, 2.05) is 5.32 Å². The van der Waals surface area contributed by atoms with Gasteiger partial charge in [-0.2, -0.15) is 13.8 Å². The lowest BCUT2D eigenvalue weighted by atomic mass is 10.4. The second-order valence-electron chi connectivity index (χ2n) is 6.24. The molecule has 0 radical (unpaired) electrons. The molecule has 0 unspecified atom stereocenters. The third-order valence-corrected chi connectivity index (χ3v) is 7.35. The number of alkyl halides is 4. The van der Waals surface area contributed by atoms with Crippen LogP contribution in [0.2, 0.25) is 0 Å². The van der Waals surface area contributed by atoms with Crippen LogP contribution in [-0.2, 0) is 20.0 Å². The van der Waals surface area contributed by atoms with Gasteiger partial charge in [-0.25, -0.2) is 40.1 Å². The minimum atomic E-state index is -5.45. The van der Waals surface area contributed by atoms with Crippen LogP contribution in [0.1, 0.15) is 5.69 Å². The minimum Gasteiger partial charge on any atom is -0.481 e. The molecule has 0 atom stereocenters. The highest BCUT2D eigenvalue weighted by molar-refractivity contribution is 7.92. The lowest BCUT2D eigenvalue weighted by Gasteiger charge is -2.26. The predicted molar refractivity (Wildman–Crippen MR) is 105 cm³/mol. The van der Waals surface area contributed by atoms with Crippen LogP contribution in [0.25, 0.3) is 0 Å². The van der Waals surface area contributed by atoms with Crippen LogP contribution in [0.4, 0.5) is 28.3 Å². The Labute approximate surface area is 185 Å². The largest absolute Gasteiger partial charge is 0.481 e. The smallest absolute Gasteiger partial charge is 0.377 e. The molecule has 1 heterocycles. The van der Waals surface area contributed by atoms with Gasteiger partial charge in [0.2, 0.25) is 21.9 Å². The van der Waals surface area contributed by atoms with Gasteiger partial charge in [0.1, 0.15) is 9.79 Å². The fraction of sp³-hybridized carbons (Fsp3) is 0.312. The molecule has 1 aromatic carbocycles. The first-order chi connectivity index (χ1) is 15.1. The van der Waals surface area contributed by atoms with Crippen LogP contribution in [0.15, 0.2) is 40.1 Å². The molecule has 0 aliphatic heterocycles. The van der Waals surface area contributed by atoms with Crippen LogP contribution >= 0.6 is 0 Å². The van der Waals surface area contributed by atoms with E-state index >= 15 is 0 Å². The lowest BCUT2D eigenvalue weighted by molar-refractivity contribution is -0.189. The molecule has 0 bridgehead atoms. The van der Waals surface area contributed by atoms with E-state index in [1.54, 1.807) is 0 Å². The van der Waals surface area contributed by atoms with Gasteiger partial charge in [-0.1, -0.05) is 12.1 Å². The molecular formula is C16H17F4N5O6S2. The third-order valence-electron chi connectivity index (χ3n) is 3.95. The number of urea groups is 1. The number of carbonyl (C=O) groups excluding carboxylic acids is 1. The number of nitrogens with zero attached hydrogens (tertiary/aromatic N) is 3. The van der Waals surface area contributed by atoms with Crippen LogP contribution in [0, 0.1) is 6.92 Å². The first kappa shape index (κ1) is 26.2. The van der Waals surface area contributed by atoms with Gasteiger partial charge in [0.15, 0.2) is 0 Å². The zero-order valence-corrected chi connectivity index (χ0v) is 18.7. The second-order valence-corrected chi connectivity index (χ2v) is 9.83. The summed E-state index contributed by atoms with van der Waals surface area (Å²) in [6, 6.07) is -1.86. The number of hydrogen-bond acceptors (Lipinski definition) is 8. The first-order valence-corrected chi connectivity index (χ1v) is 11.5. The Bertz CT molecular complexity index is 1260. The number of ether oxygens (including phenoxy) is 1. The van der Waals surface area contributed by atoms with Crippen molar-refractivity contribution in [3.63, 3.8) is 0 Å². The van der Waals surface area contributed by atoms with E-state index in [9.17, 15) is 39.2 Å². The first-order valence-electron chi connectivity index (χ1n) is 8.60. The third kappa shape index (κ3) is 5.66. The highest BCUT2D eigenvalue weighted by atomic mass is 32.2. The van der Waals surface area contributed by atoms with Gasteiger partial charge in [0.25, 0.3) is 10.0 Å². The number of amides is 2. The van der Waals surface area contributed by atoms with E-state index in [1.165, 1.54) is 24.8 Å². The van der Waals surface area contributed by atoms with Crippen molar-refractivity contribution < 1.29 is 43.9 Å². The van der Waals surface area contributed by atoms with Crippen molar-refractivity contribution >= 4 is 32.0 Å². The maximum Gasteiger partial charge on any atom is 0.377 e. The summed E-state index contributed by atoms with van der Waals surface area (Å²) in [6.45, 7) is 1.52. The molecule has 0 aliphatic carbocycles. The molecule has 1 aromatic heterocycles. The fourth-order valence-corrected chi connectivity index (χ4v) is 5.24. The number of anilines is 1. The number of aryl methyl sites for hydroxylation is 1. The van der Waals surface area contributed by atoms with E-state index in [-0.39, 0.29) is 18.9 Å². The lowest BCUT2D eigenvalue weighted by Crippen LogP contribution is -2.48. The van der Waals surface area contributed by atoms with Crippen molar-refractivity contribution in [2.75, 3.05) is 19.5 Å². The number of benzene rings is 1. The van der Waals surface area contributed by atoms with Crippen LogP contribution < -0.4 is 14.8 Å². The summed E-state index contributed by atoms with van der Waals surface area (Å²) in [5, 5.41) is 1.99. The number of aromatic nitrogens is 2. The molecule has 0 saturated carbocycles. The molecule has 0 fully saturated rings. The molecular weight excluding hydrogens is 498 g/mol. The summed E-state index contributed by atoms with van der Waals surface area (Å²) in [5.74, 6) is -0.322. The highest BCUT2D eigenvalue weighted by Gasteiger charge is 2.51. The van der Waals surface area contributed by atoms with Gasteiger partial charge < -0.3 is 4.74 Å². The SMILES string of the molecule is COc1cc(C)nc(NC(=O)NS(=O)(=O)c2ccccc2S(=O)(=O)N(C)C(F)(F)C(F)F)n1. The summed E-state index contributed by atoms with van der Waals surface area (Å²) >= 11 is 0. The maximum atomic E-state index is 13.6. The van der Waals surface area contributed by atoms with Crippen molar-refractivity contribution in [1.29, 1.82) is 0 Å². The van der Waals surface area contributed by atoms with Crippen molar-refractivity contribution in [1.82, 2.24) is 19.0 Å². The van der Waals surface area contributed by atoms with Gasteiger partial charge >= 0.3 is 18.5 Å². The van der Waals surface area contributed by atoms with Gasteiger partial charge in [0.05, 0.1) is 7.11 Å². The van der Waals surface area contributed by atoms with Gasteiger partial charge in [-0.05, 0) is 19.1 Å². The molecule has 2 N–H and O–H groups in total. The Morgan fingerprint density at radius 2 is 1.70 bits per heavy atom.